The molecule has 1 nitrogen and oxygen atoms in total. The standard InChI is InChI=1S/F2O.Li.Mn/c1-3-2;;. The molecule has 0 heterocycles. The van der Waals surface area contributed by atoms with Crippen LogP contribution < -0.4 is 0 Å². The van der Waals surface area contributed by atoms with Crippen LogP contribution in [0.4, 0.5) is 9.05 Å². The fourth-order valence-corrected chi connectivity index (χ4v) is 0. The summed E-state index contributed by atoms with van der Waals surface area (Å²) in [6, 6.07) is 0. The summed E-state index contributed by atoms with van der Waals surface area (Å²) in [7, 11) is 0. The Kier molecular flexibility index (Phi) is 68.4. The molecule has 5 heavy (non-hydrogen) atoms. The number of rotatable bonds is 0. The molecule has 0 atom stereocenters. The van der Waals surface area contributed by atoms with Gasteiger partial charge >= 0.3 is 0 Å². The fourth-order valence-electron chi connectivity index (χ4n) is 0. The van der Waals surface area contributed by atoms with Crippen LogP contribution in [0, 0.1) is 0 Å². The van der Waals surface area contributed by atoms with Gasteiger partial charge in [0.15, 0.2) is 0 Å². The van der Waals surface area contributed by atoms with Crippen LogP contribution in [0.2, 0.25) is 0 Å². The van der Waals surface area contributed by atoms with Gasteiger partial charge in [-0.2, -0.15) is 0 Å². The molecule has 0 saturated carbocycles. The van der Waals surface area contributed by atoms with E-state index < -0.39 is 0 Å². The molecule has 0 aliphatic carbocycles. The largest absolute Gasteiger partial charge is 0.0209 e. The SMILES string of the molecule is FOF.[Li].[Mn]. The Morgan fingerprint density at radius 2 is 1.20 bits per heavy atom. The van der Waals surface area contributed by atoms with E-state index in [4.69, 9.17) is 9.05 Å². The molecule has 2 radical (unpaired) electrons. The van der Waals surface area contributed by atoms with Crippen LogP contribution in [0.25, 0.3) is 0 Å². The Bertz CT molecular complexity index is 9.61. The first-order valence-corrected chi connectivity index (χ1v) is 0.309. The second-order valence-corrected chi connectivity index (χ2v) is 0.0583. The molecule has 0 aliphatic rings. The molecule has 0 aromatic heterocycles. The van der Waals surface area contributed by atoms with E-state index >= 15 is 0 Å². The molecule has 28 valence electrons. The van der Waals surface area contributed by atoms with Gasteiger partial charge in [-0.3, -0.25) is 0 Å². The van der Waals surface area contributed by atoms with Crippen molar-refractivity contribution >= 4 is 18.9 Å². The third kappa shape index (κ3) is 48.5. The number of hydrogen-bond donors (Lipinski definition) is 0. The van der Waals surface area contributed by atoms with Gasteiger partial charge in [0.2, 0.25) is 0 Å². The van der Waals surface area contributed by atoms with Gasteiger partial charge in [0.25, 0.3) is 0 Å². The summed E-state index contributed by atoms with van der Waals surface area (Å²) in [5, 5.41) is 1.25. The third-order valence-corrected chi connectivity index (χ3v) is 0. The van der Waals surface area contributed by atoms with E-state index in [9.17, 15) is 0 Å². The molecule has 0 aromatic carbocycles. The minimum absolute atomic E-state index is 0. The predicted octanol–water partition coefficient (Wildman–Crippen LogP) is 0.389. The summed E-state index contributed by atoms with van der Waals surface area (Å²) in [6.07, 6.45) is 0. The summed E-state index contributed by atoms with van der Waals surface area (Å²) < 4.78 is 18.2. The first-order valence-electron chi connectivity index (χ1n) is 0.309. The molecule has 0 N–H and O–H groups in total. The van der Waals surface area contributed by atoms with E-state index in [0.717, 1.165) is 0 Å². The van der Waals surface area contributed by atoms with Crippen LogP contribution in [-0.2, 0) is 22.2 Å². The molecule has 0 rings (SSSR count). The zero-order chi connectivity index (χ0) is 2.71. The molecule has 0 spiro atoms. The van der Waals surface area contributed by atoms with E-state index in [-0.39, 0.29) is 35.9 Å². The van der Waals surface area contributed by atoms with E-state index in [1.165, 1.54) is 5.15 Å². The summed E-state index contributed by atoms with van der Waals surface area (Å²) in [5.41, 5.74) is 0. The molecule has 0 unspecified atom stereocenters. The Morgan fingerprint density at radius 3 is 1.20 bits per heavy atom. The van der Waals surface area contributed by atoms with Gasteiger partial charge in [-0.25, -0.2) is 0 Å². The smallest absolute Gasteiger partial charge is 0.0104 e. The molecule has 0 fully saturated rings. The van der Waals surface area contributed by atoms with Gasteiger partial charge in [-0.15, -0.1) is 0 Å². The van der Waals surface area contributed by atoms with Gasteiger partial charge in [0.1, 0.15) is 0 Å². The van der Waals surface area contributed by atoms with Gasteiger partial charge < -0.3 is 0 Å². The first-order chi connectivity index (χ1) is 1.41. The molecule has 0 amide bonds. The summed E-state index contributed by atoms with van der Waals surface area (Å²) in [6.45, 7) is 0. The average Bonchev–Trinajstić information content (AvgIpc) is 0.918. The quantitative estimate of drug-likeness (QED) is 0.416. The van der Waals surface area contributed by atoms with Crippen molar-refractivity contribution in [1.29, 1.82) is 0 Å². The van der Waals surface area contributed by atoms with Crippen LogP contribution in [0.1, 0.15) is 0 Å². The van der Waals surface area contributed by atoms with Crippen molar-refractivity contribution in [2.75, 3.05) is 0 Å². The van der Waals surface area contributed by atoms with Gasteiger partial charge in [0, 0.05) is 41.1 Å². The maximum absolute atomic E-state index is 9.12. The van der Waals surface area contributed by atoms with Crippen molar-refractivity contribution in [3.05, 3.63) is 0 Å². The topological polar surface area (TPSA) is 9.23 Å². The number of hydrogen-bond acceptors (Lipinski definition) is 1. The van der Waals surface area contributed by atoms with Crippen LogP contribution in [0.5, 0.6) is 0 Å². The van der Waals surface area contributed by atoms with E-state index in [1.54, 1.807) is 0 Å². The minimum atomic E-state index is 0. The predicted molar refractivity (Wildman–Crippen MR) is 9.05 cm³/mol. The molecular weight excluding hydrogens is 116 g/mol. The van der Waals surface area contributed by atoms with Crippen LogP contribution in [-0.4, -0.2) is 18.9 Å². The van der Waals surface area contributed by atoms with Crippen LogP contribution in [0.15, 0.2) is 0 Å². The maximum Gasteiger partial charge on any atom is 0.0209 e. The molecular formula is F2LiMnO. The zero-order valence-electron chi connectivity index (χ0n) is 2.54. The monoisotopic (exact) mass is 116 g/mol. The van der Waals surface area contributed by atoms with Crippen molar-refractivity contribution in [2.24, 2.45) is 0 Å². The normalized spacial score (nSPS) is 3.60. The first kappa shape index (κ1) is 16.8. The second-order valence-electron chi connectivity index (χ2n) is 0.0583. The average molecular weight is 116 g/mol. The van der Waals surface area contributed by atoms with E-state index in [2.05, 4.69) is 0 Å². The van der Waals surface area contributed by atoms with Crippen molar-refractivity contribution < 1.29 is 31.3 Å². The summed E-state index contributed by atoms with van der Waals surface area (Å²) in [4.78, 5) is 0. The summed E-state index contributed by atoms with van der Waals surface area (Å²) >= 11 is 0. The van der Waals surface area contributed by atoms with Gasteiger partial charge in [-0.05, 0) is 9.05 Å². The van der Waals surface area contributed by atoms with E-state index in [1.807, 2.05) is 0 Å². The Morgan fingerprint density at radius 1 is 1.20 bits per heavy atom. The number of halogens is 2. The molecule has 0 bridgehead atoms. The Labute approximate surface area is 50.5 Å². The van der Waals surface area contributed by atoms with Crippen molar-refractivity contribution in [3.63, 3.8) is 0 Å². The zero-order valence-corrected chi connectivity index (χ0v) is 3.72. The molecule has 0 aromatic rings. The molecule has 0 aliphatic heterocycles. The third-order valence-electron chi connectivity index (χ3n) is 0. The van der Waals surface area contributed by atoms with Gasteiger partial charge in [-0.1, -0.05) is 0 Å². The van der Waals surface area contributed by atoms with Crippen molar-refractivity contribution in [1.82, 2.24) is 0 Å². The van der Waals surface area contributed by atoms with Crippen molar-refractivity contribution in [2.45, 2.75) is 0 Å². The Balaban J connectivity index is -0.0000000200. The molecule has 0 saturated heterocycles. The molecule has 5 heteroatoms. The van der Waals surface area contributed by atoms with Gasteiger partial charge in [0.05, 0.1) is 0 Å². The van der Waals surface area contributed by atoms with Crippen LogP contribution >= 0.6 is 0 Å². The van der Waals surface area contributed by atoms with E-state index in [0.29, 0.717) is 0 Å². The van der Waals surface area contributed by atoms with Crippen molar-refractivity contribution in [3.8, 4) is 0 Å². The Hall–Kier alpha value is 0.937. The second kappa shape index (κ2) is 20.4. The summed E-state index contributed by atoms with van der Waals surface area (Å²) in [5.74, 6) is 0. The minimum Gasteiger partial charge on any atom is -0.0104 e. The fraction of sp³-hybridized carbons (Fsp3) is 0. The van der Waals surface area contributed by atoms with Crippen LogP contribution in [0.3, 0.4) is 0 Å². The maximum atomic E-state index is 9.12.